The van der Waals surface area contributed by atoms with Gasteiger partial charge in [0.2, 0.25) is 5.91 Å². The van der Waals surface area contributed by atoms with E-state index in [9.17, 15) is 14.9 Å². The average molecular weight is 345 g/mol. The molecule has 1 fully saturated rings. The molecule has 1 aromatic rings. The minimum Gasteiger partial charge on any atom is -0.358 e. The third-order valence-electron chi connectivity index (χ3n) is 2.92. The molecule has 1 aliphatic rings. The number of hydrazine groups is 1. The van der Waals surface area contributed by atoms with Gasteiger partial charge in [-0.15, -0.1) is 0 Å². The zero-order valence-corrected chi connectivity index (χ0v) is 12.1. The number of nitrogens with zero attached hydrogens (tertiary/aromatic N) is 1. The lowest BCUT2D eigenvalue weighted by Gasteiger charge is -2.14. The number of ether oxygens (including phenoxy) is 1. The molecule has 1 aromatic carbocycles. The van der Waals surface area contributed by atoms with Crippen LogP contribution >= 0.6 is 15.9 Å². The van der Waals surface area contributed by atoms with Gasteiger partial charge in [-0.1, -0.05) is 15.9 Å². The molecule has 0 aromatic heterocycles. The quantitative estimate of drug-likeness (QED) is 0.542. The highest BCUT2D eigenvalue weighted by Crippen LogP contribution is 2.16. The van der Waals surface area contributed by atoms with E-state index in [1.54, 1.807) is 24.3 Å². The zero-order chi connectivity index (χ0) is 14.7. The van der Waals surface area contributed by atoms with Crippen LogP contribution < -0.4 is 16.2 Å². The third kappa shape index (κ3) is 3.12. The topological polar surface area (TPSA) is 106 Å². The molecule has 20 heavy (non-hydrogen) atoms. The van der Waals surface area contributed by atoms with E-state index in [0.29, 0.717) is 5.69 Å². The molecule has 3 atom stereocenters. The maximum atomic E-state index is 12.1. The molecule has 0 saturated carbocycles. The fourth-order valence-electron chi connectivity index (χ4n) is 1.92. The molecule has 2 rings (SSSR count). The number of hydrogen-bond donors (Lipinski definition) is 3. The Bertz CT molecular complexity index is 510. The second kappa shape index (κ2) is 6.27. The van der Waals surface area contributed by atoms with Crippen molar-refractivity contribution in [3.05, 3.63) is 38.9 Å². The number of nitrogens with one attached hydrogen (secondary N) is 3. The van der Waals surface area contributed by atoms with Crippen LogP contribution in [0.15, 0.2) is 28.7 Å². The van der Waals surface area contributed by atoms with E-state index in [1.165, 1.54) is 7.11 Å². The minimum absolute atomic E-state index is 0.499. The van der Waals surface area contributed by atoms with Gasteiger partial charge in [0.1, 0.15) is 0 Å². The van der Waals surface area contributed by atoms with Crippen molar-refractivity contribution in [3.63, 3.8) is 0 Å². The smallest absolute Gasteiger partial charge is 0.278 e. The predicted octanol–water partition coefficient (Wildman–Crippen LogP) is 0.482. The van der Waals surface area contributed by atoms with Crippen molar-refractivity contribution in [3.8, 4) is 0 Å². The lowest BCUT2D eigenvalue weighted by Crippen LogP contribution is -2.47. The normalized spacial score (nSPS) is 25.4. The number of benzene rings is 1. The van der Waals surface area contributed by atoms with Gasteiger partial charge in [0.15, 0.2) is 12.3 Å². The fraction of sp³-hybridized carbons (Fsp3) is 0.364. The van der Waals surface area contributed by atoms with Gasteiger partial charge in [-0.05, 0) is 24.3 Å². The van der Waals surface area contributed by atoms with Crippen molar-refractivity contribution in [2.24, 2.45) is 0 Å². The van der Waals surface area contributed by atoms with Crippen molar-refractivity contribution >= 4 is 27.5 Å². The summed E-state index contributed by atoms with van der Waals surface area (Å²) in [7, 11) is 1.34. The van der Waals surface area contributed by atoms with E-state index in [0.717, 1.165) is 4.47 Å². The number of carbonyl (C=O) groups is 1. The number of amides is 1. The Morgan fingerprint density at radius 1 is 1.40 bits per heavy atom. The molecular weight excluding hydrogens is 332 g/mol. The zero-order valence-electron chi connectivity index (χ0n) is 10.5. The van der Waals surface area contributed by atoms with Gasteiger partial charge in [-0.2, -0.15) is 0 Å². The third-order valence-corrected chi connectivity index (χ3v) is 3.45. The van der Waals surface area contributed by atoms with Crippen LogP contribution in [0.4, 0.5) is 5.69 Å². The van der Waals surface area contributed by atoms with Gasteiger partial charge >= 0.3 is 0 Å². The average Bonchev–Trinajstić information content (AvgIpc) is 2.85. The van der Waals surface area contributed by atoms with E-state index in [4.69, 9.17) is 4.74 Å². The second-order valence-corrected chi connectivity index (χ2v) is 5.11. The maximum absolute atomic E-state index is 12.1. The number of rotatable bonds is 4. The summed E-state index contributed by atoms with van der Waals surface area (Å²) >= 11 is 3.28. The molecule has 1 amide bonds. The Balaban J connectivity index is 2.08. The molecule has 0 spiro atoms. The minimum atomic E-state index is -1.20. The Morgan fingerprint density at radius 2 is 2.05 bits per heavy atom. The Labute approximate surface area is 123 Å². The Hall–Kier alpha value is -1.55. The summed E-state index contributed by atoms with van der Waals surface area (Å²) in [5.74, 6) is -0.499. The van der Waals surface area contributed by atoms with Crippen molar-refractivity contribution in [2.45, 2.75) is 18.3 Å². The SMILES string of the molecule is COC1NNC(C(=O)Nc2ccc(Br)cc2)C1[N+](=O)[O-]. The standard InChI is InChI=1S/C11H13BrN4O4/c1-20-11-9(16(18)19)8(14-15-11)10(17)13-7-4-2-6(12)3-5-7/h2-5,8-9,11,14-15H,1H3,(H,13,17). The number of carbonyl (C=O) groups excluding carboxylic acids is 1. The van der Waals surface area contributed by atoms with Gasteiger partial charge in [0.25, 0.3) is 6.04 Å². The van der Waals surface area contributed by atoms with Gasteiger partial charge in [0, 0.05) is 22.2 Å². The van der Waals surface area contributed by atoms with Crippen molar-refractivity contribution in [1.29, 1.82) is 0 Å². The highest BCUT2D eigenvalue weighted by atomic mass is 79.9. The fourth-order valence-corrected chi connectivity index (χ4v) is 2.19. The van der Waals surface area contributed by atoms with Crippen LogP contribution in [0.5, 0.6) is 0 Å². The first kappa shape index (κ1) is 14.9. The first-order valence-electron chi connectivity index (χ1n) is 5.76. The number of hydrogen-bond acceptors (Lipinski definition) is 6. The number of methoxy groups -OCH3 is 1. The molecule has 108 valence electrons. The molecule has 3 N–H and O–H groups in total. The van der Waals surface area contributed by atoms with Gasteiger partial charge in [0.05, 0.1) is 0 Å². The summed E-state index contributed by atoms with van der Waals surface area (Å²) in [6, 6.07) is 4.70. The molecule has 1 aliphatic heterocycles. The summed E-state index contributed by atoms with van der Waals surface area (Å²) in [6.45, 7) is 0. The molecule has 1 saturated heterocycles. The molecule has 3 unspecified atom stereocenters. The van der Waals surface area contributed by atoms with Crippen molar-refractivity contribution in [2.75, 3.05) is 12.4 Å². The van der Waals surface area contributed by atoms with Crippen LogP contribution in [0.2, 0.25) is 0 Å². The van der Waals surface area contributed by atoms with Gasteiger partial charge in [-0.3, -0.25) is 14.9 Å². The van der Waals surface area contributed by atoms with E-state index in [1.807, 2.05) is 0 Å². The molecular formula is C11H13BrN4O4. The molecule has 8 nitrogen and oxygen atoms in total. The van der Waals surface area contributed by atoms with Crippen LogP contribution in [0.3, 0.4) is 0 Å². The molecule has 9 heteroatoms. The van der Waals surface area contributed by atoms with Crippen LogP contribution in [0, 0.1) is 10.1 Å². The number of nitro groups is 1. The van der Waals surface area contributed by atoms with Crippen LogP contribution in [-0.4, -0.2) is 36.3 Å². The van der Waals surface area contributed by atoms with Crippen LogP contribution in [-0.2, 0) is 9.53 Å². The molecule has 0 radical (unpaired) electrons. The monoisotopic (exact) mass is 344 g/mol. The summed E-state index contributed by atoms with van der Waals surface area (Å²) < 4.78 is 5.80. The molecule has 0 aliphatic carbocycles. The second-order valence-electron chi connectivity index (χ2n) is 4.19. The van der Waals surface area contributed by atoms with E-state index >= 15 is 0 Å². The lowest BCUT2D eigenvalue weighted by atomic mass is 10.1. The Kier molecular flexibility index (Phi) is 4.65. The van der Waals surface area contributed by atoms with Crippen LogP contribution in [0.25, 0.3) is 0 Å². The van der Waals surface area contributed by atoms with Crippen molar-refractivity contribution < 1.29 is 14.5 Å². The first-order valence-corrected chi connectivity index (χ1v) is 6.56. The molecule has 0 bridgehead atoms. The predicted molar refractivity (Wildman–Crippen MR) is 74.4 cm³/mol. The van der Waals surface area contributed by atoms with Gasteiger partial charge < -0.3 is 10.1 Å². The van der Waals surface area contributed by atoms with E-state index in [-0.39, 0.29) is 0 Å². The summed E-state index contributed by atoms with van der Waals surface area (Å²) in [6.07, 6.45) is -0.856. The van der Waals surface area contributed by atoms with Crippen molar-refractivity contribution in [1.82, 2.24) is 10.9 Å². The highest BCUT2D eigenvalue weighted by Gasteiger charge is 2.49. The maximum Gasteiger partial charge on any atom is 0.278 e. The molecule has 1 heterocycles. The number of anilines is 1. The number of halogens is 1. The van der Waals surface area contributed by atoms with Gasteiger partial charge in [-0.25, -0.2) is 10.9 Å². The van der Waals surface area contributed by atoms with E-state index in [2.05, 4.69) is 32.1 Å². The largest absolute Gasteiger partial charge is 0.358 e. The summed E-state index contributed by atoms with van der Waals surface area (Å²) in [5.41, 5.74) is 5.72. The summed E-state index contributed by atoms with van der Waals surface area (Å²) in [5, 5.41) is 13.7. The Morgan fingerprint density at radius 3 is 2.60 bits per heavy atom. The lowest BCUT2D eigenvalue weighted by molar-refractivity contribution is -0.532. The highest BCUT2D eigenvalue weighted by molar-refractivity contribution is 9.10. The van der Waals surface area contributed by atoms with Crippen LogP contribution in [0.1, 0.15) is 0 Å². The first-order chi connectivity index (χ1) is 9.52. The van der Waals surface area contributed by atoms with E-state index < -0.39 is 29.1 Å². The summed E-state index contributed by atoms with van der Waals surface area (Å²) in [4.78, 5) is 22.6.